The van der Waals surface area contributed by atoms with Gasteiger partial charge in [-0.25, -0.2) is 0 Å². The molecule has 1 aliphatic rings. The number of amides is 1. The van der Waals surface area contributed by atoms with Gasteiger partial charge in [-0.2, -0.15) is 0 Å². The lowest BCUT2D eigenvalue weighted by Crippen LogP contribution is -2.29. The molecule has 1 saturated heterocycles. The van der Waals surface area contributed by atoms with Crippen molar-refractivity contribution >= 4 is 17.3 Å². The van der Waals surface area contributed by atoms with Gasteiger partial charge in [-0.1, -0.05) is 60.7 Å². The zero-order valence-electron chi connectivity index (χ0n) is 16.1. The van der Waals surface area contributed by atoms with E-state index in [9.17, 15) is 4.79 Å². The van der Waals surface area contributed by atoms with Crippen molar-refractivity contribution in [3.8, 4) is 0 Å². The first kappa shape index (κ1) is 18.3. The van der Waals surface area contributed by atoms with E-state index in [0.29, 0.717) is 0 Å². The molecule has 1 heterocycles. The summed E-state index contributed by atoms with van der Waals surface area (Å²) >= 11 is 0. The molecule has 3 heteroatoms. The molecular formula is C25H26N2O. The Morgan fingerprint density at radius 1 is 0.714 bits per heavy atom. The van der Waals surface area contributed by atoms with Gasteiger partial charge in [-0.05, 0) is 54.7 Å². The summed E-state index contributed by atoms with van der Waals surface area (Å²) in [5.41, 5.74) is 4.07. The SMILES string of the molecule is O=C(Nc1ccc(N2CCCCC2)cc1)C(c1ccccc1)c1ccccc1. The summed E-state index contributed by atoms with van der Waals surface area (Å²) in [6.07, 6.45) is 3.84. The number of anilines is 2. The van der Waals surface area contributed by atoms with Crippen molar-refractivity contribution in [1.82, 2.24) is 0 Å². The molecule has 1 N–H and O–H groups in total. The van der Waals surface area contributed by atoms with Crippen LogP contribution in [0.3, 0.4) is 0 Å². The average Bonchev–Trinajstić information content (AvgIpc) is 2.77. The van der Waals surface area contributed by atoms with Gasteiger partial charge in [0.15, 0.2) is 0 Å². The molecule has 0 saturated carbocycles. The fourth-order valence-corrected chi connectivity index (χ4v) is 3.91. The van der Waals surface area contributed by atoms with E-state index in [0.717, 1.165) is 29.9 Å². The zero-order chi connectivity index (χ0) is 19.2. The second-order valence-electron chi connectivity index (χ2n) is 7.34. The van der Waals surface area contributed by atoms with E-state index < -0.39 is 0 Å². The second-order valence-corrected chi connectivity index (χ2v) is 7.34. The molecule has 0 bridgehead atoms. The minimum Gasteiger partial charge on any atom is -0.372 e. The van der Waals surface area contributed by atoms with Gasteiger partial charge in [0, 0.05) is 24.5 Å². The predicted octanol–water partition coefficient (Wildman–Crippen LogP) is 5.45. The van der Waals surface area contributed by atoms with E-state index in [-0.39, 0.29) is 11.8 Å². The van der Waals surface area contributed by atoms with E-state index in [1.165, 1.54) is 24.9 Å². The molecule has 28 heavy (non-hydrogen) atoms. The topological polar surface area (TPSA) is 32.3 Å². The van der Waals surface area contributed by atoms with Crippen LogP contribution in [-0.4, -0.2) is 19.0 Å². The molecule has 3 nitrogen and oxygen atoms in total. The summed E-state index contributed by atoms with van der Waals surface area (Å²) in [4.78, 5) is 15.6. The third-order valence-corrected chi connectivity index (χ3v) is 5.38. The van der Waals surface area contributed by atoms with Crippen molar-refractivity contribution in [2.45, 2.75) is 25.2 Å². The number of carbonyl (C=O) groups excluding carboxylic acids is 1. The standard InChI is InChI=1S/C25H26N2O/c28-25(24(20-10-4-1-5-11-20)21-12-6-2-7-13-21)26-22-14-16-23(17-15-22)27-18-8-3-9-19-27/h1-2,4-7,10-17,24H,3,8-9,18-19H2,(H,26,28). The summed E-state index contributed by atoms with van der Waals surface area (Å²) < 4.78 is 0. The monoisotopic (exact) mass is 370 g/mol. The Hall–Kier alpha value is -3.07. The van der Waals surface area contributed by atoms with Gasteiger partial charge < -0.3 is 10.2 Å². The first-order chi connectivity index (χ1) is 13.8. The van der Waals surface area contributed by atoms with Crippen LogP contribution in [0.15, 0.2) is 84.9 Å². The first-order valence-electron chi connectivity index (χ1n) is 10.1. The Bertz CT molecular complexity index is 845. The maximum absolute atomic E-state index is 13.2. The number of piperidine rings is 1. The summed E-state index contributed by atoms with van der Waals surface area (Å²) in [6, 6.07) is 28.1. The lowest BCUT2D eigenvalue weighted by molar-refractivity contribution is -0.116. The molecule has 1 amide bonds. The Balaban J connectivity index is 1.53. The normalized spacial score (nSPS) is 14.1. The number of hydrogen-bond donors (Lipinski definition) is 1. The quantitative estimate of drug-likeness (QED) is 0.648. The van der Waals surface area contributed by atoms with Gasteiger partial charge in [-0.3, -0.25) is 4.79 Å². The van der Waals surface area contributed by atoms with Gasteiger partial charge in [0.2, 0.25) is 5.91 Å². The van der Waals surface area contributed by atoms with Gasteiger partial charge in [0.25, 0.3) is 0 Å². The summed E-state index contributed by atoms with van der Waals surface area (Å²) in [6.45, 7) is 2.24. The molecule has 0 radical (unpaired) electrons. The van der Waals surface area contributed by atoms with Crippen LogP contribution < -0.4 is 10.2 Å². The van der Waals surface area contributed by atoms with Crippen LogP contribution in [0.5, 0.6) is 0 Å². The molecule has 4 rings (SSSR count). The summed E-state index contributed by atoms with van der Waals surface area (Å²) in [5.74, 6) is -0.340. The number of rotatable bonds is 5. The minimum atomic E-state index is -0.329. The van der Waals surface area contributed by atoms with Crippen LogP contribution in [0, 0.1) is 0 Å². The molecule has 0 unspecified atom stereocenters. The van der Waals surface area contributed by atoms with Crippen LogP contribution in [-0.2, 0) is 4.79 Å². The Morgan fingerprint density at radius 2 is 1.25 bits per heavy atom. The van der Waals surface area contributed by atoms with Crippen LogP contribution in [0.4, 0.5) is 11.4 Å². The lowest BCUT2D eigenvalue weighted by atomic mass is 9.90. The molecule has 1 aliphatic heterocycles. The highest BCUT2D eigenvalue weighted by atomic mass is 16.1. The molecule has 0 aliphatic carbocycles. The number of nitrogens with zero attached hydrogens (tertiary/aromatic N) is 1. The Labute approximate surface area is 167 Å². The van der Waals surface area contributed by atoms with Crippen LogP contribution >= 0.6 is 0 Å². The lowest BCUT2D eigenvalue weighted by Gasteiger charge is -2.29. The molecule has 3 aromatic carbocycles. The maximum Gasteiger partial charge on any atom is 0.236 e. The number of nitrogens with one attached hydrogen (secondary N) is 1. The maximum atomic E-state index is 13.2. The fourth-order valence-electron chi connectivity index (χ4n) is 3.91. The van der Waals surface area contributed by atoms with Crippen molar-refractivity contribution in [2.75, 3.05) is 23.3 Å². The highest BCUT2D eigenvalue weighted by Crippen LogP contribution is 2.27. The number of hydrogen-bond acceptors (Lipinski definition) is 2. The van der Waals surface area contributed by atoms with Crippen molar-refractivity contribution in [3.63, 3.8) is 0 Å². The molecule has 142 valence electrons. The van der Waals surface area contributed by atoms with Crippen LogP contribution in [0.25, 0.3) is 0 Å². The molecule has 0 aromatic heterocycles. The average molecular weight is 370 g/mol. The van der Waals surface area contributed by atoms with Crippen LogP contribution in [0.1, 0.15) is 36.3 Å². The third kappa shape index (κ3) is 4.25. The Morgan fingerprint density at radius 3 is 1.79 bits per heavy atom. The van der Waals surface area contributed by atoms with Crippen molar-refractivity contribution < 1.29 is 4.79 Å². The van der Waals surface area contributed by atoms with Gasteiger partial charge >= 0.3 is 0 Å². The molecule has 1 fully saturated rings. The van der Waals surface area contributed by atoms with E-state index >= 15 is 0 Å². The zero-order valence-corrected chi connectivity index (χ0v) is 16.1. The van der Waals surface area contributed by atoms with Crippen molar-refractivity contribution in [2.24, 2.45) is 0 Å². The van der Waals surface area contributed by atoms with Crippen LogP contribution in [0.2, 0.25) is 0 Å². The Kier molecular flexibility index (Phi) is 5.72. The van der Waals surface area contributed by atoms with E-state index in [1.807, 2.05) is 72.8 Å². The predicted molar refractivity (Wildman–Crippen MR) is 116 cm³/mol. The third-order valence-electron chi connectivity index (χ3n) is 5.38. The molecule has 3 aromatic rings. The van der Waals surface area contributed by atoms with Crippen molar-refractivity contribution in [1.29, 1.82) is 0 Å². The molecular weight excluding hydrogens is 344 g/mol. The van der Waals surface area contributed by atoms with Crippen molar-refractivity contribution in [3.05, 3.63) is 96.1 Å². The second kappa shape index (κ2) is 8.75. The highest BCUT2D eigenvalue weighted by Gasteiger charge is 2.22. The van der Waals surface area contributed by atoms with Gasteiger partial charge in [0.05, 0.1) is 5.92 Å². The number of carbonyl (C=O) groups is 1. The summed E-state index contributed by atoms with van der Waals surface area (Å²) in [7, 11) is 0. The molecule has 0 spiro atoms. The molecule has 0 atom stereocenters. The van der Waals surface area contributed by atoms with Gasteiger partial charge in [-0.15, -0.1) is 0 Å². The minimum absolute atomic E-state index is 0.0110. The highest BCUT2D eigenvalue weighted by molar-refractivity contribution is 5.98. The number of benzene rings is 3. The first-order valence-corrected chi connectivity index (χ1v) is 10.1. The van der Waals surface area contributed by atoms with E-state index in [2.05, 4.69) is 22.3 Å². The smallest absolute Gasteiger partial charge is 0.236 e. The fraction of sp³-hybridized carbons (Fsp3) is 0.240. The largest absolute Gasteiger partial charge is 0.372 e. The summed E-state index contributed by atoms with van der Waals surface area (Å²) in [5, 5.41) is 3.11. The van der Waals surface area contributed by atoms with E-state index in [1.54, 1.807) is 0 Å². The van der Waals surface area contributed by atoms with Gasteiger partial charge in [0.1, 0.15) is 0 Å². The van der Waals surface area contributed by atoms with E-state index in [4.69, 9.17) is 0 Å².